The SMILES string of the molecule is CCCCc1ccc(S(=O)(=O)NCc2ccc(OC)cc2)cc1. The van der Waals surface area contributed by atoms with Crippen LogP contribution < -0.4 is 9.46 Å². The van der Waals surface area contributed by atoms with Gasteiger partial charge >= 0.3 is 0 Å². The molecule has 0 aliphatic rings. The molecule has 0 aliphatic heterocycles. The van der Waals surface area contributed by atoms with Crippen molar-refractivity contribution in [3.8, 4) is 5.75 Å². The maximum absolute atomic E-state index is 12.3. The van der Waals surface area contributed by atoms with E-state index in [1.807, 2.05) is 36.4 Å². The van der Waals surface area contributed by atoms with Crippen LogP contribution in [0.4, 0.5) is 0 Å². The highest BCUT2D eigenvalue weighted by Crippen LogP contribution is 2.14. The second-order valence-electron chi connectivity index (χ2n) is 5.42. The molecule has 0 bridgehead atoms. The molecule has 0 heterocycles. The second kappa shape index (κ2) is 8.13. The minimum Gasteiger partial charge on any atom is -0.497 e. The Balaban J connectivity index is 2.00. The first-order valence-electron chi connectivity index (χ1n) is 7.76. The number of aryl methyl sites for hydroxylation is 1. The van der Waals surface area contributed by atoms with Crippen molar-refractivity contribution in [2.75, 3.05) is 7.11 Å². The summed E-state index contributed by atoms with van der Waals surface area (Å²) in [5.41, 5.74) is 2.05. The summed E-state index contributed by atoms with van der Waals surface area (Å²) in [6.07, 6.45) is 3.22. The molecule has 0 unspecified atom stereocenters. The van der Waals surface area contributed by atoms with Crippen LogP contribution in [0.3, 0.4) is 0 Å². The van der Waals surface area contributed by atoms with Gasteiger partial charge in [0.15, 0.2) is 0 Å². The average Bonchev–Trinajstić information content (AvgIpc) is 2.59. The first-order chi connectivity index (χ1) is 11.0. The molecule has 124 valence electrons. The highest BCUT2D eigenvalue weighted by molar-refractivity contribution is 7.89. The first-order valence-corrected chi connectivity index (χ1v) is 9.25. The predicted octanol–water partition coefficient (Wildman–Crippen LogP) is 3.52. The molecular formula is C18H23NO3S. The summed E-state index contributed by atoms with van der Waals surface area (Å²) in [5.74, 6) is 0.749. The van der Waals surface area contributed by atoms with Crippen LogP contribution in [-0.2, 0) is 23.0 Å². The fraction of sp³-hybridized carbons (Fsp3) is 0.333. The van der Waals surface area contributed by atoms with Gasteiger partial charge in [-0.2, -0.15) is 0 Å². The van der Waals surface area contributed by atoms with Gasteiger partial charge < -0.3 is 4.74 Å². The van der Waals surface area contributed by atoms with Crippen molar-refractivity contribution in [2.24, 2.45) is 0 Å². The van der Waals surface area contributed by atoms with Crippen molar-refractivity contribution in [3.05, 3.63) is 59.7 Å². The Bertz CT molecular complexity index is 707. The number of methoxy groups -OCH3 is 1. The summed E-state index contributed by atoms with van der Waals surface area (Å²) in [4.78, 5) is 0.297. The molecule has 2 aromatic rings. The molecule has 2 aromatic carbocycles. The van der Waals surface area contributed by atoms with E-state index in [0.29, 0.717) is 4.90 Å². The lowest BCUT2D eigenvalue weighted by atomic mass is 10.1. The second-order valence-corrected chi connectivity index (χ2v) is 7.19. The molecule has 0 amide bonds. The number of sulfonamides is 1. The fourth-order valence-corrected chi connectivity index (χ4v) is 3.24. The monoisotopic (exact) mass is 333 g/mol. The van der Waals surface area contributed by atoms with Crippen molar-refractivity contribution < 1.29 is 13.2 Å². The van der Waals surface area contributed by atoms with E-state index in [9.17, 15) is 8.42 Å². The molecule has 0 saturated carbocycles. The van der Waals surface area contributed by atoms with E-state index in [0.717, 1.165) is 30.6 Å². The zero-order valence-corrected chi connectivity index (χ0v) is 14.4. The summed E-state index contributed by atoms with van der Waals surface area (Å²) >= 11 is 0. The Morgan fingerprint density at radius 2 is 1.57 bits per heavy atom. The molecule has 4 nitrogen and oxygen atoms in total. The van der Waals surface area contributed by atoms with Gasteiger partial charge in [-0.15, -0.1) is 0 Å². The van der Waals surface area contributed by atoms with Crippen LogP contribution in [0, 0.1) is 0 Å². The standard InChI is InChI=1S/C18H23NO3S/c1-3-4-5-15-8-12-18(13-9-15)23(20,21)19-14-16-6-10-17(22-2)11-7-16/h6-13,19H,3-5,14H2,1-2H3. The van der Waals surface area contributed by atoms with Gasteiger partial charge in [-0.05, 0) is 48.2 Å². The van der Waals surface area contributed by atoms with Crippen molar-refractivity contribution in [1.29, 1.82) is 0 Å². The minimum atomic E-state index is -3.49. The summed E-state index contributed by atoms with van der Waals surface area (Å²) in [7, 11) is -1.89. The van der Waals surface area contributed by atoms with E-state index in [1.165, 1.54) is 5.56 Å². The Morgan fingerprint density at radius 1 is 0.957 bits per heavy atom. The first kappa shape index (κ1) is 17.5. The maximum atomic E-state index is 12.3. The molecule has 5 heteroatoms. The molecule has 2 rings (SSSR count). The van der Waals surface area contributed by atoms with Crippen LogP contribution in [-0.4, -0.2) is 15.5 Å². The van der Waals surface area contributed by atoms with E-state index in [1.54, 1.807) is 19.2 Å². The van der Waals surface area contributed by atoms with Gasteiger partial charge in [-0.25, -0.2) is 13.1 Å². The van der Waals surface area contributed by atoms with Crippen LogP contribution in [0.5, 0.6) is 5.75 Å². The zero-order valence-electron chi connectivity index (χ0n) is 13.6. The zero-order chi connectivity index (χ0) is 16.7. The van der Waals surface area contributed by atoms with E-state index in [-0.39, 0.29) is 6.54 Å². The smallest absolute Gasteiger partial charge is 0.240 e. The molecule has 23 heavy (non-hydrogen) atoms. The Hall–Kier alpha value is -1.85. The largest absolute Gasteiger partial charge is 0.497 e. The van der Waals surface area contributed by atoms with Gasteiger partial charge in [0.25, 0.3) is 0 Å². The molecule has 0 aromatic heterocycles. The van der Waals surface area contributed by atoms with Gasteiger partial charge in [0.1, 0.15) is 5.75 Å². The van der Waals surface area contributed by atoms with E-state index < -0.39 is 10.0 Å². The molecule has 0 fully saturated rings. The molecule has 0 atom stereocenters. The number of benzene rings is 2. The highest BCUT2D eigenvalue weighted by atomic mass is 32.2. The third-order valence-electron chi connectivity index (χ3n) is 3.68. The van der Waals surface area contributed by atoms with E-state index >= 15 is 0 Å². The average molecular weight is 333 g/mol. The van der Waals surface area contributed by atoms with Crippen LogP contribution >= 0.6 is 0 Å². The molecule has 0 saturated heterocycles. The topological polar surface area (TPSA) is 55.4 Å². The summed E-state index contributed by atoms with van der Waals surface area (Å²) in [5, 5.41) is 0. The number of hydrogen-bond acceptors (Lipinski definition) is 3. The summed E-state index contributed by atoms with van der Waals surface area (Å²) in [6.45, 7) is 2.39. The lowest BCUT2D eigenvalue weighted by molar-refractivity contribution is 0.414. The van der Waals surface area contributed by atoms with Crippen LogP contribution in [0.15, 0.2) is 53.4 Å². The Kier molecular flexibility index (Phi) is 6.19. The Morgan fingerprint density at radius 3 is 2.13 bits per heavy atom. The number of unbranched alkanes of at least 4 members (excludes halogenated alkanes) is 1. The van der Waals surface area contributed by atoms with Crippen molar-refractivity contribution in [2.45, 2.75) is 37.6 Å². The van der Waals surface area contributed by atoms with E-state index in [2.05, 4.69) is 11.6 Å². The summed E-state index contributed by atoms with van der Waals surface area (Å²) in [6, 6.07) is 14.4. The number of hydrogen-bond donors (Lipinski definition) is 1. The van der Waals surface area contributed by atoms with Crippen LogP contribution in [0.25, 0.3) is 0 Å². The normalized spacial score (nSPS) is 11.4. The van der Waals surface area contributed by atoms with Gasteiger partial charge in [0, 0.05) is 6.54 Å². The molecule has 0 aliphatic carbocycles. The third kappa shape index (κ3) is 5.08. The lowest BCUT2D eigenvalue weighted by Crippen LogP contribution is -2.23. The van der Waals surface area contributed by atoms with Gasteiger partial charge in [0.2, 0.25) is 10.0 Å². The van der Waals surface area contributed by atoms with Crippen LogP contribution in [0.2, 0.25) is 0 Å². The number of nitrogens with one attached hydrogen (secondary N) is 1. The predicted molar refractivity (Wildman–Crippen MR) is 92.1 cm³/mol. The summed E-state index contributed by atoms with van der Waals surface area (Å²) < 4.78 is 32.3. The van der Waals surface area contributed by atoms with Gasteiger partial charge in [-0.3, -0.25) is 0 Å². The highest BCUT2D eigenvalue weighted by Gasteiger charge is 2.13. The number of ether oxygens (including phenoxy) is 1. The van der Waals surface area contributed by atoms with Gasteiger partial charge in [0.05, 0.1) is 12.0 Å². The number of rotatable bonds is 8. The lowest BCUT2D eigenvalue weighted by Gasteiger charge is -2.08. The Labute approximate surface area is 138 Å². The van der Waals surface area contributed by atoms with E-state index in [4.69, 9.17) is 4.74 Å². The maximum Gasteiger partial charge on any atom is 0.240 e. The fourth-order valence-electron chi connectivity index (χ4n) is 2.22. The van der Waals surface area contributed by atoms with Gasteiger partial charge in [-0.1, -0.05) is 37.6 Å². The van der Waals surface area contributed by atoms with Crippen molar-refractivity contribution in [3.63, 3.8) is 0 Å². The van der Waals surface area contributed by atoms with Crippen molar-refractivity contribution in [1.82, 2.24) is 4.72 Å². The third-order valence-corrected chi connectivity index (χ3v) is 5.10. The van der Waals surface area contributed by atoms with Crippen LogP contribution in [0.1, 0.15) is 30.9 Å². The molecular weight excluding hydrogens is 310 g/mol. The molecule has 1 N–H and O–H groups in total. The molecule has 0 radical (unpaired) electrons. The quantitative estimate of drug-likeness (QED) is 0.804. The molecule has 0 spiro atoms. The minimum absolute atomic E-state index is 0.254. The van der Waals surface area contributed by atoms with Crippen molar-refractivity contribution >= 4 is 10.0 Å².